The van der Waals surface area contributed by atoms with Crippen LogP contribution >= 0.6 is 0 Å². The molecule has 0 saturated carbocycles. The molecule has 0 aliphatic carbocycles. The van der Waals surface area contributed by atoms with Crippen LogP contribution in [0.2, 0.25) is 0 Å². The van der Waals surface area contributed by atoms with Gasteiger partial charge in [0.2, 0.25) is 0 Å². The molecular formula is C7H13N2O. The van der Waals surface area contributed by atoms with Crippen molar-refractivity contribution in [1.82, 2.24) is 4.90 Å². The summed E-state index contributed by atoms with van der Waals surface area (Å²) in [6, 6.07) is -0.293. The molecule has 10 heavy (non-hydrogen) atoms. The minimum atomic E-state index is -0.293. The van der Waals surface area contributed by atoms with Crippen molar-refractivity contribution in [1.29, 1.82) is 0 Å². The third-order valence-corrected chi connectivity index (χ3v) is 1.75. The molecule has 2 amide bonds. The minimum absolute atomic E-state index is 0.293. The Bertz CT molecular complexity index is 117. The molecule has 1 saturated heterocycles. The van der Waals surface area contributed by atoms with Gasteiger partial charge in [0.05, 0.1) is 0 Å². The molecule has 1 heterocycles. The van der Waals surface area contributed by atoms with Crippen molar-refractivity contribution in [3.05, 3.63) is 6.42 Å². The number of hydrogen-bond acceptors (Lipinski definition) is 1. The second-order valence-electron chi connectivity index (χ2n) is 2.57. The summed E-state index contributed by atoms with van der Waals surface area (Å²) in [6.45, 7) is 1.56. The maximum atomic E-state index is 10.6. The van der Waals surface area contributed by atoms with Crippen LogP contribution in [-0.4, -0.2) is 24.0 Å². The molecule has 0 unspecified atom stereocenters. The van der Waals surface area contributed by atoms with E-state index in [4.69, 9.17) is 5.73 Å². The molecule has 0 aromatic heterocycles. The van der Waals surface area contributed by atoms with E-state index in [0.717, 1.165) is 25.9 Å². The zero-order valence-electron chi connectivity index (χ0n) is 6.05. The Kier molecular flexibility index (Phi) is 2.54. The number of amides is 2. The molecule has 0 atom stereocenters. The Morgan fingerprint density at radius 1 is 1.50 bits per heavy atom. The number of nitrogens with zero attached hydrogens (tertiary/aromatic N) is 1. The summed E-state index contributed by atoms with van der Waals surface area (Å²) in [7, 11) is 0. The first-order valence-corrected chi connectivity index (χ1v) is 3.67. The lowest BCUT2D eigenvalue weighted by Crippen LogP contribution is -2.36. The quantitative estimate of drug-likeness (QED) is 0.531. The SMILES string of the molecule is NC(=O)N1C[CH]CCCC1. The maximum absolute atomic E-state index is 10.6. The first-order chi connectivity index (χ1) is 4.80. The number of urea groups is 1. The standard InChI is InChI=1S/C7H13N2O/c8-7(10)9-5-3-1-2-4-6-9/h3H,1-2,4-6H2,(H2,8,10). The normalized spacial score (nSPS) is 20.2. The fraction of sp³-hybridized carbons (Fsp3) is 0.714. The van der Waals surface area contributed by atoms with Gasteiger partial charge in [0.15, 0.2) is 0 Å². The Labute approximate surface area is 61.2 Å². The highest BCUT2D eigenvalue weighted by molar-refractivity contribution is 5.72. The van der Waals surface area contributed by atoms with Crippen LogP contribution in [-0.2, 0) is 0 Å². The molecule has 3 nitrogen and oxygen atoms in total. The summed E-state index contributed by atoms with van der Waals surface area (Å²) in [4.78, 5) is 12.3. The summed E-state index contributed by atoms with van der Waals surface area (Å²) >= 11 is 0. The van der Waals surface area contributed by atoms with Crippen LogP contribution in [0.4, 0.5) is 4.79 Å². The van der Waals surface area contributed by atoms with Crippen LogP contribution < -0.4 is 5.73 Å². The van der Waals surface area contributed by atoms with Crippen molar-refractivity contribution in [2.24, 2.45) is 5.73 Å². The lowest BCUT2D eigenvalue weighted by Gasteiger charge is -2.16. The highest BCUT2D eigenvalue weighted by Gasteiger charge is 2.10. The zero-order chi connectivity index (χ0) is 7.40. The molecule has 1 aliphatic rings. The second-order valence-corrected chi connectivity index (χ2v) is 2.57. The van der Waals surface area contributed by atoms with Gasteiger partial charge in [-0.2, -0.15) is 0 Å². The lowest BCUT2D eigenvalue weighted by molar-refractivity contribution is 0.213. The largest absolute Gasteiger partial charge is 0.351 e. The average Bonchev–Trinajstić information content (AvgIpc) is 2.12. The summed E-state index contributed by atoms with van der Waals surface area (Å²) in [5, 5.41) is 0. The van der Waals surface area contributed by atoms with Crippen molar-refractivity contribution in [2.45, 2.75) is 19.3 Å². The van der Waals surface area contributed by atoms with Gasteiger partial charge in [-0.25, -0.2) is 4.79 Å². The van der Waals surface area contributed by atoms with Gasteiger partial charge in [-0.15, -0.1) is 0 Å². The number of carbonyl (C=O) groups is 1. The first-order valence-electron chi connectivity index (χ1n) is 3.67. The van der Waals surface area contributed by atoms with E-state index in [1.165, 1.54) is 6.42 Å². The average molecular weight is 141 g/mol. The van der Waals surface area contributed by atoms with Gasteiger partial charge in [-0.3, -0.25) is 0 Å². The van der Waals surface area contributed by atoms with Gasteiger partial charge < -0.3 is 10.6 Å². The van der Waals surface area contributed by atoms with E-state index in [1.54, 1.807) is 4.90 Å². The third-order valence-electron chi connectivity index (χ3n) is 1.75. The molecule has 0 aromatic rings. The number of carbonyl (C=O) groups excluding carboxylic acids is 1. The highest BCUT2D eigenvalue weighted by Crippen LogP contribution is 2.07. The van der Waals surface area contributed by atoms with Crippen molar-refractivity contribution in [2.75, 3.05) is 13.1 Å². The van der Waals surface area contributed by atoms with Crippen LogP contribution in [0.15, 0.2) is 0 Å². The molecule has 0 aromatic carbocycles. The van der Waals surface area contributed by atoms with Crippen LogP contribution in [0, 0.1) is 6.42 Å². The zero-order valence-corrected chi connectivity index (χ0v) is 6.05. The Morgan fingerprint density at radius 2 is 2.30 bits per heavy atom. The van der Waals surface area contributed by atoms with E-state index in [1.807, 2.05) is 0 Å². The smallest absolute Gasteiger partial charge is 0.314 e. The van der Waals surface area contributed by atoms with Gasteiger partial charge in [-0.1, -0.05) is 6.42 Å². The van der Waals surface area contributed by atoms with E-state index in [2.05, 4.69) is 6.42 Å². The molecule has 1 rings (SSSR count). The van der Waals surface area contributed by atoms with E-state index < -0.39 is 0 Å². The Morgan fingerprint density at radius 3 is 3.00 bits per heavy atom. The summed E-state index contributed by atoms with van der Waals surface area (Å²) in [6.07, 6.45) is 5.49. The van der Waals surface area contributed by atoms with Crippen LogP contribution in [0.5, 0.6) is 0 Å². The first kappa shape index (κ1) is 7.38. The van der Waals surface area contributed by atoms with Crippen molar-refractivity contribution < 1.29 is 4.79 Å². The Balaban J connectivity index is 2.35. The van der Waals surface area contributed by atoms with Crippen molar-refractivity contribution in [3.8, 4) is 0 Å². The number of rotatable bonds is 0. The van der Waals surface area contributed by atoms with Gasteiger partial charge in [0.1, 0.15) is 0 Å². The number of likely N-dealkylation sites (tertiary alicyclic amines) is 1. The molecule has 1 fully saturated rings. The third kappa shape index (κ3) is 1.90. The van der Waals surface area contributed by atoms with E-state index >= 15 is 0 Å². The van der Waals surface area contributed by atoms with Crippen LogP contribution in [0.25, 0.3) is 0 Å². The summed E-state index contributed by atoms with van der Waals surface area (Å²) < 4.78 is 0. The predicted octanol–water partition coefficient (Wildman–Crippen LogP) is 0.755. The summed E-state index contributed by atoms with van der Waals surface area (Å²) in [5.74, 6) is 0. The molecule has 0 spiro atoms. The topological polar surface area (TPSA) is 46.3 Å². The van der Waals surface area contributed by atoms with Crippen molar-refractivity contribution in [3.63, 3.8) is 0 Å². The van der Waals surface area contributed by atoms with Crippen LogP contribution in [0.1, 0.15) is 19.3 Å². The molecule has 1 aliphatic heterocycles. The molecule has 3 heteroatoms. The summed E-state index contributed by atoms with van der Waals surface area (Å²) in [5.41, 5.74) is 5.10. The van der Waals surface area contributed by atoms with Crippen LogP contribution in [0.3, 0.4) is 0 Å². The monoisotopic (exact) mass is 141 g/mol. The van der Waals surface area contributed by atoms with Gasteiger partial charge in [0, 0.05) is 13.1 Å². The molecule has 57 valence electrons. The van der Waals surface area contributed by atoms with Gasteiger partial charge >= 0.3 is 6.03 Å². The fourth-order valence-electron chi connectivity index (χ4n) is 1.13. The molecule has 0 bridgehead atoms. The second kappa shape index (κ2) is 3.44. The lowest BCUT2D eigenvalue weighted by atomic mass is 10.2. The number of primary amides is 1. The van der Waals surface area contributed by atoms with E-state index in [-0.39, 0.29) is 6.03 Å². The van der Waals surface area contributed by atoms with E-state index in [0.29, 0.717) is 0 Å². The molecule has 1 radical (unpaired) electrons. The van der Waals surface area contributed by atoms with Gasteiger partial charge in [-0.05, 0) is 19.3 Å². The fourth-order valence-corrected chi connectivity index (χ4v) is 1.13. The predicted molar refractivity (Wildman–Crippen MR) is 39.3 cm³/mol. The highest BCUT2D eigenvalue weighted by atomic mass is 16.2. The molecular weight excluding hydrogens is 128 g/mol. The molecule has 2 N–H and O–H groups in total. The minimum Gasteiger partial charge on any atom is -0.351 e. The number of nitrogens with two attached hydrogens (primary N) is 1. The van der Waals surface area contributed by atoms with Crippen molar-refractivity contribution >= 4 is 6.03 Å². The van der Waals surface area contributed by atoms with E-state index in [9.17, 15) is 4.79 Å². The number of hydrogen-bond donors (Lipinski definition) is 1. The maximum Gasteiger partial charge on any atom is 0.314 e. The van der Waals surface area contributed by atoms with Gasteiger partial charge in [0.25, 0.3) is 0 Å². The Hall–Kier alpha value is -0.730.